The van der Waals surface area contributed by atoms with Crippen LogP contribution in [0.4, 0.5) is 0 Å². The van der Waals surface area contributed by atoms with Gasteiger partial charge in [0.2, 0.25) is 11.1 Å². The summed E-state index contributed by atoms with van der Waals surface area (Å²) < 4.78 is 5.90. The molecule has 0 bridgehead atoms. The predicted octanol–water partition coefficient (Wildman–Crippen LogP) is 3.01. The maximum Gasteiger partial charge on any atom is 0.233 e. The van der Waals surface area contributed by atoms with E-state index >= 15 is 0 Å². The van der Waals surface area contributed by atoms with Gasteiger partial charge < -0.3 is 9.32 Å². The van der Waals surface area contributed by atoms with Crippen molar-refractivity contribution >= 4 is 28.8 Å². The first-order chi connectivity index (χ1) is 12.7. The highest BCUT2D eigenvalue weighted by Gasteiger charge is 2.28. The molecule has 1 amide bonds. The molecule has 1 unspecified atom stereocenters. The van der Waals surface area contributed by atoms with Gasteiger partial charge in [-0.05, 0) is 25.0 Å². The largest absolute Gasteiger partial charge is 0.440 e. The van der Waals surface area contributed by atoms with Crippen molar-refractivity contribution in [1.82, 2.24) is 25.1 Å². The first-order valence-corrected chi connectivity index (χ1v) is 9.89. The molecule has 3 aromatic rings. The number of para-hydroxylation sites is 2. The van der Waals surface area contributed by atoms with Crippen molar-refractivity contribution < 1.29 is 9.21 Å². The van der Waals surface area contributed by atoms with Crippen LogP contribution in [0.5, 0.6) is 0 Å². The summed E-state index contributed by atoms with van der Waals surface area (Å²) >= 11 is 1.38. The SMILES string of the molecule is CCc1nc(SCC(=O)N2CCCC(c3nc4ccccc4o3)C2)n[nH]1. The van der Waals surface area contributed by atoms with E-state index in [0.29, 0.717) is 17.5 Å². The summed E-state index contributed by atoms with van der Waals surface area (Å²) in [6.07, 6.45) is 2.75. The van der Waals surface area contributed by atoms with E-state index < -0.39 is 0 Å². The average Bonchev–Trinajstić information content (AvgIpc) is 3.32. The number of hydrogen-bond acceptors (Lipinski definition) is 6. The first kappa shape index (κ1) is 17.1. The van der Waals surface area contributed by atoms with Crippen LogP contribution in [0.3, 0.4) is 0 Å². The summed E-state index contributed by atoms with van der Waals surface area (Å²) in [4.78, 5) is 23.4. The number of aromatic nitrogens is 4. The van der Waals surface area contributed by atoms with Crippen LogP contribution in [-0.4, -0.2) is 49.8 Å². The minimum absolute atomic E-state index is 0.110. The lowest BCUT2D eigenvalue weighted by molar-refractivity contribution is -0.129. The number of likely N-dealkylation sites (tertiary alicyclic amines) is 1. The van der Waals surface area contributed by atoms with Crippen LogP contribution in [-0.2, 0) is 11.2 Å². The van der Waals surface area contributed by atoms with Crippen molar-refractivity contribution in [3.63, 3.8) is 0 Å². The Morgan fingerprint density at radius 3 is 3.08 bits per heavy atom. The molecule has 1 atom stereocenters. The third-order valence-electron chi connectivity index (χ3n) is 4.60. The Balaban J connectivity index is 1.38. The number of hydrogen-bond donors (Lipinski definition) is 1. The van der Waals surface area contributed by atoms with Crippen molar-refractivity contribution in [2.45, 2.75) is 37.3 Å². The number of fused-ring (bicyclic) bond motifs is 1. The predicted molar refractivity (Wildman–Crippen MR) is 99.0 cm³/mol. The maximum atomic E-state index is 12.6. The molecule has 1 aromatic carbocycles. The molecule has 0 saturated carbocycles. The van der Waals surface area contributed by atoms with E-state index in [1.54, 1.807) is 0 Å². The van der Waals surface area contributed by atoms with E-state index in [1.165, 1.54) is 11.8 Å². The fraction of sp³-hybridized carbons (Fsp3) is 0.444. The third kappa shape index (κ3) is 3.60. The number of thioether (sulfide) groups is 1. The highest BCUT2D eigenvalue weighted by atomic mass is 32.2. The molecule has 8 heteroatoms. The van der Waals surface area contributed by atoms with E-state index in [0.717, 1.165) is 48.6 Å². The fourth-order valence-corrected chi connectivity index (χ4v) is 3.91. The van der Waals surface area contributed by atoms with Crippen LogP contribution < -0.4 is 0 Å². The summed E-state index contributed by atoms with van der Waals surface area (Å²) in [5, 5.41) is 7.62. The molecule has 0 spiro atoms. The van der Waals surface area contributed by atoms with Crippen LogP contribution >= 0.6 is 11.8 Å². The molecule has 0 radical (unpaired) electrons. The topological polar surface area (TPSA) is 87.9 Å². The first-order valence-electron chi connectivity index (χ1n) is 8.90. The molecule has 1 saturated heterocycles. The Kier molecular flexibility index (Phi) is 4.92. The Morgan fingerprint density at radius 2 is 2.27 bits per heavy atom. The minimum atomic E-state index is 0.110. The molecule has 1 fully saturated rings. The quantitative estimate of drug-likeness (QED) is 0.694. The lowest BCUT2D eigenvalue weighted by atomic mass is 9.98. The molecule has 1 N–H and O–H groups in total. The number of H-pyrrole nitrogens is 1. The molecule has 26 heavy (non-hydrogen) atoms. The molecule has 3 heterocycles. The number of carbonyl (C=O) groups excluding carboxylic acids is 1. The lowest BCUT2D eigenvalue weighted by Gasteiger charge is -2.31. The van der Waals surface area contributed by atoms with Crippen molar-refractivity contribution in [3.8, 4) is 0 Å². The van der Waals surface area contributed by atoms with E-state index in [1.807, 2.05) is 36.1 Å². The van der Waals surface area contributed by atoms with E-state index in [-0.39, 0.29) is 11.8 Å². The van der Waals surface area contributed by atoms with Gasteiger partial charge in [-0.25, -0.2) is 9.97 Å². The van der Waals surface area contributed by atoms with Gasteiger partial charge in [0.05, 0.1) is 11.7 Å². The molecule has 7 nitrogen and oxygen atoms in total. The Morgan fingerprint density at radius 1 is 1.38 bits per heavy atom. The molecular weight excluding hydrogens is 350 g/mol. The Bertz CT molecular complexity index is 873. The summed E-state index contributed by atoms with van der Waals surface area (Å²) in [6, 6.07) is 7.77. The zero-order chi connectivity index (χ0) is 17.9. The number of benzene rings is 1. The highest BCUT2D eigenvalue weighted by molar-refractivity contribution is 7.99. The number of aryl methyl sites for hydroxylation is 1. The molecule has 0 aliphatic carbocycles. The maximum absolute atomic E-state index is 12.6. The van der Waals surface area contributed by atoms with Gasteiger partial charge in [-0.15, -0.1) is 5.10 Å². The number of rotatable bonds is 5. The number of amides is 1. The summed E-state index contributed by atoms with van der Waals surface area (Å²) in [5.74, 6) is 2.19. The normalized spacial score (nSPS) is 17.7. The second kappa shape index (κ2) is 7.49. The van der Waals surface area contributed by atoms with Crippen molar-refractivity contribution in [2.75, 3.05) is 18.8 Å². The van der Waals surface area contributed by atoms with Gasteiger partial charge in [0.25, 0.3) is 0 Å². The van der Waals surface area contributed by atoms with Crippen molar-refractivity contribution in [2.24, 2.45) is 0 Å². The zero-order valence-corrected chi connectivity index (χ0v) is 15.5. The van der Waals surface area contributed by atoms with E-state index in [9.17, 15) is 4.79 Å². The fourth-order valence-electron chi connectivity index (χ4n) is 3.19. The van der Waals surface area contributed by atoms with Gasteiger partial charge in [-0.2, -0.15) is 0 Å². The van der Waals surface area contributed by atoms with Crippen molar-refractivity contribution in [3.05, 3.63) is 36.0 Å². The smallest absolute Gasteiger partial charge is 0.233 e. The van der Waals surface area contributed by atoms with Gasteiger partial charge in [-0.1, -0.05) is 30.8 Å². The highest BCUT2D eigenvalue weighted by Crippen LogP contribution is 2.29. The van der Waals surface area contributed by atoms with Gasteiger partial charge in [0, 0.05) is 19.5 Å². The minimum Gasteiger partial charge on any atom is -0.440 e. The monoisotopic (exact) mass is 371 g/mol. The molecular formula is C18H21N5O2S. The van der Waals surface area contributed by atoms with Gasteiger partial charge in [0.15, 0.2) is 11.5 Å². The van der Waals surface area contributed by atoms with Crippen LogP contribution in [0.2, 0.25) is 0 Å². The Hall–Kier alpha value is -2.35. The van der Waals surface area contributed by atoms with Crippen LogP contribution in [0.25, 0.3) is 11.1 Å². The van der Waals surface area contributed by atoms with Gasteiger partial charge >= 0.3 is 0 Å². The number of nitrogens with one attached hydrogen (secondary N) is 1. The molecule has 1 aliphatic rings. The van der Waals surface area contributed by atoms with E-state index in [2.05, 4.69) is 20.2 Å². The molecule has 136 valence electrons. The zero-order valence-electron chi connectivity index (χ0n) is 14.6. The Labute approximate surface area is 155 Å². The molecule has 1 aliphatic heterocycles. The van der Waals surface area contributed by atoms with E-state index in [4.69, 9.17) is 4.42 Å². The van der Waals surface area contributed by atoms with Crippen LogP contribution in [0.15, 0.2) is 33.8 Å². The summed E-state index contributed by atoms with van der Waals surface area (Å²) in [7, 11) is 0. The number of aromatic amines is 1. The lowest BCUT2D eigenvalue weighted by Crippen LogP contribution is -2.40. The summed E-state index contributed by atoms with van der Waals surface area (Å²) in [5.41, 5.74) is 1.68. The number of carbonyl (C=O) groups is 1. The number of oxazole rings is 1. The third-order valence-corrected chi connectivity index (χ3v) is 5.44. The average molecular weight is 371 g/mol. The van der Waals surface area contributed by atoms with Gasteiger partial charge in [-0.3, -0.25) is 9.89 Å². The van der Waals surface area contributed by atoms with Gasteiger partial charge in [0.1, 0.15) is 11.3 Å². The number of nitrogens with zero attached hydrogens (tertiary/aromatic N) is 4. The second-order valence-electron chi connectivity index (χ2n) is 6.41. The molecule has 4 rings (SSSR count). The van der Waals surface area contributed by atoms with Crippen LogP contribution in [0, 0.1) is 0 Å². The van der Waals surface area contributed by atoms with Crippen LogP contribution in [0.1, 0.15) is 37.4 Å². The summed E-state index contributed by atoms with van der Waals surface area (Å²) in [6.45, 7) is 3.45. The standard InChI is InChI=1S/C18H21N5O2S/c1-2-15-20-18(22-21-15)26-11-16(24)23-9-5-6-12(10-23)17-19-13-7-3-4-8-14(13)25-17/h3-4,7-8,12H,2,5-6,9-11H2,1H3,(H,20,21,22). The van der Waals surface area contributed by atoms with Crippen molar-refractivity contribution in [1.29, 1.82) is 0 Å². The molecule has 2 aromatic heterocycles. The second-order valence-corrected chi connectivity index (χ2v) is 7.35. The number of piperidine rings is 1.